The second-order valence-corrected chi connectivity index (χ2v) is 3.32. The van der Waals surface area contributed by atoms with Gasteiger partial charge in [0.25, 0.3) is 0 Å². The fourth-order valence-corrected chi connectivity index (χ4v) is 1.46. The number of hydrogen-bond acceptors (Lipinski definition) is 3. The highest BCUT2D eigenvalue weighted by molar-refractivity contribution is 5.68. The van der Waals surface area contributed by atoms with Gasteiger partial charge in [0, 0.05) is 11.5 Å². The topological polar surface area (TPSA) is 83.6 Å². The molecule has 0 saturated carbocycles. The number of carboxylic acids is 1. The van der Waals surface area contributed by atoms with Crippen molar-refractivity contribution in [2.24, 2.45) is 5.73 Å². The zero-order chi connectivity index (χ0) is 12.3. The van der Waals surface area contributed by atoms with Crippen molar-refractivity contribution in [1.29, 1.82) is 0 Å². The average Bonchev–Trinajstić information content (AvgIpc) is 2.22. The highest BCUT2D eigenvalue weighted by Gasteiger charge is 2.23. The maximum atomic E-state index is 13.4. The van der Waals surface area contributed by atoms with E-state index in [-0.39, 0.29) is 12.1 Å². The lowest BCUT2D eigenvalue weighted by atomic mass is 9.94. The summed E-state index contributed by atoms with van der Waals surface area (Å²) in [5.41, 5.74) is 4.89. The standard InChI is InChI=1S/C10H11F2NO3/c11-6-1-2-7(14)9(10(6)12)5(4-13)3-8(15)16/h1-2,5,14H,3-4,13H2,(H,15,16). The Balaban J connectivity index is 3.18. The van der Waals surface area contributed by atoms with Crippen LogP contribution in [0, 0.1) is 11.6 Å². The summed E-state index contributed by atoms with van der Waals surface area (Å²) in [5, 5.41) is 17.9. The van der Waals surface area contributed by atoms with Crippen LogP contribution in [-0.2, 0) is 4.79 Å². The largest absolute Gasteiger partial charge is 0.508 e. The van der Waals surface area contributed by atoms with Gasteiger partial charge in [-0.25, -0.2) is 8.78 Å². The Kier molecular flexibility index (Phi) is 3.78. The fraction of sp³-hybridized carbons (Fsp3) is 0.300. The van der Waals surface area contributed by atoms with Crippen molar-refractivity contribution in [3.05, 3.63) is 29.3 Å². The van der Waals surface area contributed by atoms with E-state index in [0.717, 1.165) is 12.1 Å². The molecule has 0 bridgehead atoms. The summed E-state index contributed by atoms with van der Waals surface area (Å²) in [6, 6.07) is 1.74. The van der Waals surface area contributed by atoms with Crippen molar-refractivity contribution in [1.82, 2.24) is 0 Å². The summed E-state index contributed by atoms with van der Waals surface area (Å²) < 4.78 is 26.3. The molecule has 1 aromatic rings. The predicted octanol–water partition coefficient (Wildman–Crippen LogP) is 1.19. The van der Waals surface area contributed by atoms with Crippen LogP contribution in [-0.4, -0.2) is 22.7 Å². The monoisotopic (exact) mass is 231 g/mol. The molecule has 4 nitrogen and oxygen atoms in total. The number of aromatic hydroxyl groups is 1. The Hall–Kier alpha value is -1.69. The van der Waals surface area contributed by atoms with Gasteiger partial charge in [-0.15, -0.1) is 0 Å². The number of nitrogens with two attached hydrogens (primary N) is 1. The molecule has 1 rings (SSSR count). The van der Waals surface area contributed by atoms with Gasteiger partial charge in [0.15, 0.2) is 11.6 Å². The van der Waals surface area contributed by atoms with E-state index >= 15 is 0 Å². The van der Waals surface area contributed by atoms with Crippen LogP contribution < -0.4 is 5.73 Å². The number of carboxylic acid groups (broad SMARTS) is 1. The third-order valence-corrected chi connectivity index (χ3v) is 2.22. The number of benzene rings is 1. The minimum Gasteiger partial charge on any atom is -0.508 e. The molecule has 0 radical (unpaired) electrons. The van der Waals surface area contributed by atoms with Crippen molar-refractivity contribution in [2.75, 3.05) is 6.54 Å². The molecule has 1 aromatic carbocycles. The molecule has 0 heterocycles. The van der Waals surface area contributed by atoms with Gasteiger partial charge in [0.1, 0.15) is 5.75 Å². The second-order valence-electron chi connectivity index (χ2n) is 3.32. The molecule has 0 amide bonds. The molecule has 16 heavy (non-hydrogen) atoms. The first-order valence-electron chi connectivity index (χ1n) is 4.56. The van der Waals surface area contributed by atoms with Crippen molar-refractivity contribution >= 4 is 5.97 Å². The van der Waals surface area contributed by atoms with Crippen LogP contribution in [0.5, 0.6) is 5.75 Å². The highest BCUT2D eigenvalue weighted by Crippen LogP contribution is 2.31. The van der Waals surface area contributed by atoms with Gasteiger partial charge in [0.2, 0.25) is 0 Å². The van der Waals surface area contributed by atoms with E-state index in [2.05, 4.69) is 0 Å². The Bertz CT molecular complexity index is 409. The maximum absolute atomic E-state index is 13.4. The van der Waals surface area contributed by atoms with Gasteiger partial charge < -0.3 is 15.9 Å². The Morgan fingerprint density at radius 1 is 1.44 bits per heavy atom. The van der Waals surface area contributed by atoms with Gasteiger partial charge in [-0.3, -0.25) is 4.79 Å². The molecule has 88 valence electrons. The molecular formula is C10H11F2NO3. The first-order valence-corrected chi connectivity index (χ1v) is 4.56. The molecule has 0 aromatic heterocycles. The highest BCUT2D eigenvalue weighted by atomic mass is 19.2. The van der Waals surface area contributed by atoms with E-state index in [1.54, 1.807) is 0 Å². The lowest BCUT2D eigenvalue weighted by Gasteiger charge is -2.15. The van der Waals surface area contributed by atoms with Gasteiger partial charge in [-0.05, 0) is 18.7 Å². The van der Waals surface area contributed by atoms with Crippen LogP contribution in [0.2, 0.25) is 0 Å². The summed E-state index contributed by atoms with van der Waals surface area (Å²) in [6.45, 7) is -0.194. The Morgan fingerprint density at radius 3 is 2.56 bits per heavy atom. The number of aliphatic carboxylic acids is 1. The van der Waals surface area contributed by atoms with Crippen molar-refractivity contribution in [2.45, 2.75) is 12.3 Å². The molecular weight excluding hydrogens is 220 g/mol. The quantitative estimate of drug-likeness (QED) is 0.726. The van der Waals surface area contributed by atoms with Crippen LogP contribution in [0.15, 0.2) is 12.1 Å². The van der Waals surface area contributed by atoms with E-state index in [1.165, 1.54) is 0 Å². The molecule has 4 N–H and O–H groups in total. The van der Waals surface area contributed by atoms with Gasteiger partial charge in [-0.2, -0.15) is 0 Å². The summed E-state index contributed by atoms with van der Waals surface area (Å²) in [7, 11) is 0. The van der Waals surface area contributed by atoms with Crippen LogP contribution >= 0.6 is 0 Å². The first kappa shape index (κ1) is 12.4. The number of carbonyl (C=O) groups is 1. The zero-order valence-corrected chi connectivity index (χ0v) is 8.28. The third kappa shape index (κ3) is 2.46. The van der Waals surface area contributed by atoms with Gasteiger partial charge in [-0.1, -0.05) is 0 Å². The van der Waals surface area contributed by atoms with E-state index in [0.29, 0.717) is 0 Å². The smallest absolute Gasteiger partial charge is 0.304 e. The minimum absolute atomic E-state index is 0.194. The normalized spacial score (nSPS) is 12.4. The second kappa shape index (κ2) is 4.89. The van der Waals surface area contributed by atoms with Crippen LogP contribution in [0.4, 0.5) is 8.78 Å². The first-order chi connectivity index (χ1) is 7.47. The summed E-state index contributed by atoms with van der Waals surface area (Å²) in [6.07, 6.45) is -0.468. The Morgan fingerprint density at radius 2 is 2.06 bits per heavy atom. The minimum atomic E-state index is -1.25. The number of phenols is 1. The van der Waals surface area contributed by atoms with E-state index in [1.807, 2.05) is 0 Å². The van der Waals surface area contributed by atoms with E-state index in [4.69, 9.17) is 10.8 Å². The number of halogens is 2. The van der Waals surface area contributed by atoms with Crippen LogP contribution in [0.3, 0.4) is 0 Å². The molecule has 6 heteroatoms. The molecule has 0 spiro atoms. The fourth-order valence-electron chi connectivity index (χ4n) is 1.46. The van der Waals surface area contributed by atoms with Crippen molar-refractivity contribution in [3.8, 4) is 5.75 Å². The maximum Gasteiger partial charge on any atom is 0.304 e. The van der Waals surface area contributed by atoms with Crippen molar-refractivity contribution in [3.63, 3.8) is 0 Å². The molecule has 0 aliphatic carbocycles. The van der Waals surface area contributed by atoms with E-state index < -0.39 is 35.7 Å². The lowest BCUT2D eigenvalue weighted by Crippen LogP contribution is -2.18. The molecule has 0 saturated heterocycles. The summed E-state index contributed by atoms with van der Waals surface area (Å²) in [4.78, 5) is 10.5. The van der Waals surface area contributed by atoms with Crippen LogP contribution in [0.1, 0.15) is 17.9 Å². The number of phenolic OH excluding ortho intramolecular Hbond substituents is 1. The molecule has 1 unspecified atom stereocenters. The predicted molar refractivity (Wildman–Crippen MR) is 52.1 cm³/mol. The molecule has 0 fully saturated rings. The molecule has 1 atom stereocenters. The molecule has 0 aliphatic rings. The van der Waals surface area contributed by atoms with Crippen molar-refractivity contribution < 1.29 is 23.8 Å². The lowest BCUT2D eigenvalue weighted by molar-refractivity contribution is -0.137. The Labute approximate surface area is 90.3 Å². The van der Waals surface area contributed by atoms with Crippen LogP contribution in [0.25, 0.3) is 0 Å². The zero-order valence-electron chi connectivity index (χ0n) is 8.28. The van der Waals surface area contributed by atoms with E-state index in [9.17, 15) is 18.7 Å². The van der Waals surface area contributed by atoms with Gasteiger partial charge >= 0.3 is 5.97 Å². The SMILES string of the molecule is NCC(CC(=O)O)c1c(O)ccc(F)c1F. The summed E-state index contributed by atoms with van der Waals surface area (Å²) >= 11 is 0. The van der Waals surface area contributed by atoms with Gasteiger partial charge in [0.05, 0.1) is 6.42 Å². The summed E-state index contributed by atoms with van der Waals surface area (Å²) in [5.74, 6) is -5.03. The molecule has 0 aliphatic heterocycles. The number of rotatable bonds is 4. The third-order valence-electron chi connectivity index (χ3n) is 2.22. The average molecular weight is 231 g/mol. The number of hydrogen-bond donors (Lipinski definition) is 3.